The first kappa shape index (κ1) is 44.9. The van der Waals surface area contributed by atoms with Gasteiger partial charge in [-0.15, -0.1) is 0 Å². The Balaban J connectivity index is 0.793. The lowest BCUT2D eigenvalue weighted by Gasteiger charge is -2.65. The Bertz CT molecular complexity index is 1810. The van der Waals surface area contributed by atoms with Crippen molar-refractivity contribution in [2.24, 2.45) is 34.5 Å². The van der Waals surface area contributed by atoms with Crippen LogP contribution in [0, 0.1) is 34.5 Å². The van der Waals surface area contributed by atoms with E-state index in [0.29, 0.717) is 30.9 Å². The van der Waals surface area contributed by atoms with Gasteiger partial charge in [0.05, 0.1) is 54.4 Å². The number of rotatable bonds is 8. The number of carbonyl (C=O) groups excluding carboxylic acids is 1. The highest BCUT2D eigenvalue weighted by Gasteiger charge is 2.71. The van der Waals surface area contributed by atoms with Gasteiger partial charge in [0.2, 0.25) is 0 Å². The van der Waals surface area contributed by atoms with Gasteiger partial charge < -0.3 is 63.8 Å². The molecule has 1 aromatic rings. The molecule has 6 N–H and O–H groups in total. The molecule has 0 amide bonds. The molecule has 62 heavy (non-hydrogen) atoms. The van der Waals surface area contributed by atoms with Gasteiger partial charge in [0.25, 0.3) is 0 Å². The molecule has 14 heteroatoms. The number of aliphatic hydroxyl groups is 6. The smallest absolute Gasteiger partial charge is 0.336 e. The zero-order chi connectivity index (χ0) is 43.9. The van der Waals surface area contributed by atoms with Crippen molar-refractivity contribution in [2.75, 3.05) is 0 Å². The molecule has 4 heterocycles. The second kappa shape index (κ2) is 17.2. The van der Waals surface area contributed by atoms with E-state index in [0.717, 1.165) is 43.2 Å². The number of aliphatic hydroxyl groups excluding tert-OH is 5. The van der Waals surface area contributed by atoms with Crippen LogP contribution in [0.1, 0.15) is 111 Å². The molecule has 1 aromatic carbocycles. The lowest BCUT2D eigenvalue weighted by atomic mass is 9.42. The minimum Gasteiger partial charge on any atom is -0.423 e. The van der Waals surface area contributed by atoms with Gasteiger partial charge in [0.15, 0.2) is 18.9 Å². The van der Waals surface area contributed by atoms with Crippen molar-refractivity contribution >= 4 is 12.0 Å². The largest absolute Gasteiger partial charge is 0.423 e. The number of cyclic esters (lactones) is 1. The highest BCUT2D eigenvalue weighted by molar-refractivity contribution is 5.90. The topological polar surface area (TPSA) is 203 Å². The summed E-state index contributed by atoms with van der Waals surface area (Å²) in [4.78, 5) is 12.7. The minimum atomic E-state index is -1.10. The second-order valence-electron chi connectivity index (χ2n) is 20.4. The standard InChI is InChI=1S/C48H68O14/c1-24-43(54)34(49)21-41(56-24)61-45-26(3)58-42(23-36(45)51)62-44-25(2)57-40(22-35(44)50)59-29-13-15-46(4)28(18-29)11-12-32-33(46)20-38(52)47(5)31(14-16-48(32,47)55)30-19-39(53)60-37(30)17-27-9-7-6-8-10-27/h6-10,17,19,24-26,28-29,31-36,38,40-45,49-52,54-55H,11-16,18,20-23H2,1-5H3/b37-17-/t24-,25-,26-,28-,29+,31-,32-,33+,34+,35+,36+,38-,40+,41+,42+,43-,44-,45-,46+,47+,48+/m1/s1. The van der Waals surface area contributed by atoms with Crippen LogP contribution in [0.4, 0.5) is 0 Å². The van der Waals surface area contributed by atoms with Crippen molar-refractivity contribution in [1.82, 2.24) is 0 Å². The molecule has 14 nitrogen and oxygen atoms in total. The number of ether oxygens (including phenoxy) is 7. The van der Waals surface area contributed by atoms with Crippen LogP contribution in [0.15, 0.2) is 47.7 Å². The van der Waals surface area contributed by atoms with Gasteiger partial charge in [-0.1, -0.05) is 44.2 Å². The van der Waals surface area contributed by atoms with Crippen molar-refractivity contribution in [2.45, 2.75) is 197 Å². The molecule has 344 valence electrons. The molecule has 4 aliphatic carbocycles. The molecule has 0 spiro atoms. The summed E-state index contributed by atoms with van der Waals surface area (Å²) in [6, 6.07) is 9.75. The predicted molar refractivity (Wildman–Crippen MR) is 222 cm³/mol. The van der Waals surface area contributed by atoms with E-state index < -0.39 is 96.9 Å². The van der Waals surface area contributed by atoms with E-state index in [4.69, 9.17) is 33.2 Å². The molecule has 9 rings (SSSR count). The normalized spacial score (nSPS) is 51.2. The van der Waals surface area contributed by atoms with Crippen LogP contribution in [-0.4, -0.2) is 128 Å². The Hall–Kier alpha value is -2.31. The number of fused-ring (bicyclic) bond motifs is 5. The summed E-state index contributed by atoms with van der Waals surface area (Å²) in [5.74, 6) is 0.347. The number of esters is 1. The van der Waals surface area contributed by atoms with Gasteiger partial charge in [-0.25, -0.2) is 4.79 Å². The maximum absolute atomic E-state index is 12.9. The summed E-state index contributed by atoms with van der Waals surface area (Å²) in [6.07, 6.45) is -0.177. The number of allylic oxidation sites excluding steroid dienone is 1. The number of benzene rings is 1. The summed E-state index contributed by atoms with van der Waals surface area (Å²) < 4.78 is 42.7. The fourth-order valence-electron chi connectivity index (χ4n) is 13.6. The number of hydrogen-bond donors (Lipinski definition) is 6. The Labute approximate surface area is 364 Å². The van der Waals surface area contributed by atoms with Crippen LogP contribution >= 0.6 is 0 Å². The minimum absolute atomic E-state index is 0.0174. The van der Waals surface area contributed by atoms with E-state index in [9.17, 15) is 35.4 Å². The number of hydrogen-bond acceptors (Lipinski definition) is 14. The molecule has 0 aromatic heterocycles. The average Bonchev–Trinajstić information content (AvgIpc) is 3.72. The summed E-state index contributed by atoms with van der Waals surface area (Å²) in [6.45, 7) is 9.65. The molecule has 0 bridgehead atoms. The molecular formula is C48H68O14. The maximum Gasteiger partial charge on any atom is 0.336 e. The molecule has 7 fully saturated rings. The third kappa shape index (κ3) is 7.85. The predicted octanol–water partition coefficient (Wildman–Crippen LogP) is 4.26. The Morgan fingerprint density at radius 3 is 1.94 bits per heavy atom. The van der Waals surface area contributed by atoms with E-state index in [1.807, 2.05) is 50.3 Å². The molecule has 0 unspecified atom stereocenters. The third-order valence-electron chi connectivity index (χ3n) is 17.1. The van der Waals surface area contributed by atoms with Gasteiger partial charge in [-0.3, -0.25) is 0 Å². The van der Waals surface area contributed by atoms with Crippen molar-refractivity contribution in [3.63, 3.8) is 0 Å². The van der Waals surface area contributed by atoms with Gasteiger partial charge in [-0.05, 0) is 113 Å². The molecule has 4 aliphatic heterocycles. The van der Waals surface area contributed by atoms with E-state index in [-0.39, 0.29) is 48.5 Å². The molecule has 4 saturated carbocycles. The van der Waals surface area contributed by atoms with Gasteiger partial charge >= 0.3 is 5.97 Å². The van der Waals surface area contributed by atoms with E-state index >= 15 is 0 Å². The van der Waals surface area contributed by atoms with Crippen LogP contribution < -0.4 is 0 Å². The monoisotopic (exact) mass is 868 g/mol. The lowest BCUT2D eigenvalue weighted by Crippen LogP contribution is -2.67. The van der Waals surface area contributed by atoms with Crippen LogP contribution in [0.5, 0.6) is 0 Å². The molecule has 3 saturated heterocycles. The van der Waals surface area contributed by atoms with E-state index in [1.54, 1.807) is 19.9 Å². The SMILES string of the molecule is C[C@H]1O[C@@H](O[C@H]2[C@@H](O)C[C@H](O[C@H]3[C@@H](O)C[C@H](O[C@H]4CC[C@@]5(C)[C@H](CC[C@@H]6[C@@H]5C[C@@H](O)[C@]5(C)[C@@H](C7=CC(=O)O/C7=C\c7ccccc7)CC[C@]65O)C4)O[C@@H]3C)O[C@@H]2C)C[C@H](O)[C@@H]1O. The second-order valence-corrected chi connectivity index (χ2v) is 20.4. The van der Waals surface area contributed by atoms with Crippen LogP contribution in [0.25, 0.3) is 6.08 Å². The van der Waals surface area contributed by atoms with Gasteiger partial charge in [0.1, 0.15) is 24.1 Å². The molecule has 8 aliphatic rings. The summed E-state index contributed by atoms with van der Waals surface area (Å²) in [7, 11) is 0. The fraction of sp³-hybridized carbons (Fsp3) is 0.771. The van der Waals surface area contributed by atoms with Gasteiger partial charge in [0, 0.05) is 36.3 Å². The summed E-state index contributed by atoms with van der Waals surface area (Å²) in [5.41, 5.74) is -0.344. The lowest BCUT2D eigenvalue weighted by molar-refractivity contribution is -0.336. The Morgan fingerprint density at radius 1 is 0.694 bits per heavy atom. The highest BCUT2D eigenvalue weighted by Crippen LogP contribution is 2.70. The number of carbonyl (C=O) groups is 1. The zero-order valence-corrected chi connectivity index (χ0v) is 36.7. The van der Waals surface area contributed by atoms with Crippen molar-refractivity contribution in [3.05, 3.63) is 53.3 Å². The average molecular weight is 869 g/mol. The van der Waals surface area contributed by atoms with Crippen LogP contribution in [0.3, 0.4) is 0 Å². The van der Waals surface area contributed by atoms with Crippen molar-refractivity contribution < 1.29 is 68.6 Å². The van der Waals surface area contributed by atoms with E-state index in [2.05, 4.69) is 6.92 Å². The zero-order valence-electron chi connectivity index (χ0n) is 36.7. The summed E-state index contributed by atoms with van der Waals surface area (Å²) >= 11 is 0. The Kier molecular flexibility index (Phi) is 12.4. The van der Waals surface area contributed by atoms with Crippen molar-refractivity contribution in [1.29, 1.82) is 0 Å². The fourth-order valence-corrected chi connectivity index (χ4v) is 13.6. The quantitative estimate of drug-likeness (QED) is 0.160. The molecule has 0 radical (unpaired) electrons. The Morgan fingerprint density at radius 2 is 1.31 bits per heavy atom. The molecular weight excluding hydrogens is 801 g/mol. The van der Waals surface area contributed by atoms with Crippen molar-refractivity contribution in [3.8, 4) is 0 Å². The maximum atomic E-state index is 12.9. The first-order chi connectivity index (χ1) is 29.5. The van der Waals surface area contributed by atoms with E-state index in [1.165, 1.54) is 0 Å². The first-order valence-electron chi connectivity index (χ1n) is 23.2. The van der Waals surface area contributed by atoms with Crippen LogP contribution in [-0.2, 0) is 38.0 Å². The third-order valence-corrected chi connectivity index (χ3v) is 17.1. The highest BCUT2D eigenvalue weighted by atomic mass is 16.7. The summed E-state index contributed by atoms with van der Waals surface area (Å²) in [5, 5.41) is 67.8. The van der Waals surface area contributed by atoms with Gasteiger partial charge in [-0.2, -0.15) is 0 Å². The van der Waals surface area contributed by atoms with Crippen LogP contribution in [0.2, 0.25) is 0 Å². The first-order valence-corrected chi connectivity index (χ1v) is 23.2. The molecule has 21 atom stereocenters.